The Morgan fingerprint density at radius 1 is 0.857 bits per heavy atom. The lowest BCUT2D eigenvalue weighted by Crippen LogP contribution is -1.76. The molecule has 0 aliphatic carbocycles. The van der Waals surface area contributed by atoms with Crippen LogP contribution in [0.2, 0.25) is 0 Å². The van der Waals surface area contributed by atoms with Crippen LogP contribution < -0.4 is 0 Å². The molecule has 3 aromatic rings. The van der Waals surface area contributed by atoms with Crippen LogP contribution in [0.3, 0.4) is 0 Å². The lowest BCUT2D eigenvalue weighted by molar-refractivity contribution is 1.75. The number of fused-ring (bicyclic) bond motifs is 3. The molecule has 0 bridgehead atoms. The molecule has 0 N–H and O–H groups in total. The Kier molecular flexibility index (Phi) is 1.54. The summed E-state index contributed by atoms with van der Waals surface area (Å²) in [5.74, 6) is 0. The predicted molar refractivity (Wildman–Crippen MR) is 59.1 cm³/mol. The minimum atomic E-state index is 1.17. The van der Waals surface area contributed by atoms with Crippen LogP contribution in [0.5, 0.6) is 0 Å². The van der Waals surface area contributed by atoms with E-state index in [1.165, 1.54) is 21.5 Å². The van der Waals surface area contributed by atoms with Crippen LogP contribution in [0.15, 0.2) is 48.5 Å². The zero-order valence-corrected chi connectivity index (χ0v) is 7.62. The van der Waals surface area contributed by atoms with Gasteiger partial charge in [0.1, 0.15) is 0 Å². The van der Waals surface area contributed by atoms with Crippen LogP contribution >= 0.6 is 0 Å². The fourth-order valence-corrected chi connectivity index (χ4v) is 1.82. The van der Waals surface area contributed by atoms with E-state index < -0.39 is 0 Å². The van der Waals surface area contributed by atoms with Gasteiger partial charge in [0.25, 0.3) is 0 Å². The van der Waals surface area contributed by atoms with E-state index in [1.807, 2.05) is 24.3 Å². The maximum atomic E-state index is 3.23. The third-order valence-electron chi connectivity index (χ3n) is 2.50. The molecule has 0 amide bonds. The van der Waals surface area contributed by atoms with Crippen molar-refractivity contribution in [1.29, 1.82) is 0 Å². The van der Waals surface area contributed by atoms with Gasteiger partial charge in [0.2, 0.25) is 0 Å². The smallest absolute Gasteiger partial charge is 0.00987 e. The van der Waals surface area contributed by atoms with E-state index in [1.54, 1.807) is 0 Å². The van der Waals surface area contributed by atoms with Crippen LogP contribution in [-0.2, 0) is 0 Å². The number of hydrogen-bond donors (Lipinski definition) is 0. The predicted octanol–water partition coefficient (Wildman–Crippen LogP) is 3.59. The second-order valence-corrected chi connectivity index (χ2v) is 3.34. The Morgan fingerprint density at radius 3 is 2.86 bits per heavy atom. The quantitative estimate of drug-likeness (QED) is 0.459. The fourth-order valence-electron chi connectivity index (χ4n) is 1.82. The average Bonchev–Trinajstić information content (AvgIpc) is 2.29. The van der Waals surface area contributed by atoms with Crippen molar-refractivity contribution in [3.63, 3.8) is 0 Å². The Hall–Kier alpha value is -1.82. The third-order valence-corrected chi connectivity index (χ3v) is 2.50. The van der Waals surface area contributed by atoms with Crippen molar-refractivity contribution in [2.75, 3.05) is 0 Å². The van der Waals surface area contributed by atoms with Crippen LogP contribution in [0.1, 0.15) is 0 Å². The second kappa shape index (κ2) is 2.85. The van der Waals surface area contributed by atoms with Crippen molar-refractivity contribution < 1.29 is 0 Å². The molecule has 0 aliphatic heterocycles. The van der Waals surface area contributed by atoms with Crippen molar-refractivity contribution >= 4 is 21.5 Å². The molecule has 0 nitrogen and oxygen atoms in total. The Morgan fingerprint density at radius 2 is 1.86 bits per heavy atom. The molecular formula is C14H8. The van der Waals surface area contributed by atoms with Gasteiger partial charge in [0.15, 0.2) is 0 Å². The molecule has 0 atom stereocenters. The van der Waals surface area contributed by atoms with Crippen molar-refractivity contribution in [2.45, 2.75) is 0 Å². The molecule has 0 saturated heterocycles. The molecule has 64 valence electrons. The topological polar surface area (TPSA) is 0 Å². The maximum absolute atomic E-state index is 3.23. The second-order valence-electron chi connectivity index (χ2n) is 3.34. The summed E-state index contributed by atoms with van der Waals surface area (Å²) >= 11 is 0. The summed E-state index contributed by atoms with van der Waals surface area (Å²) in [7, 11) is 0. The van der Waals surface area contributed by atoms with Crippen LogP contribution in [0.25, 0.3) is 21.5 Å². The van der Waals surface area contributed by atoms with Gasteiger partial charge < -0.3 is 0 Å². The molecular weight excluding hydrogens is 168 g/mol. The van der Waals surface area contributed by atoms with Gasteiger partial charge in [-0.25, -0.2) is 0 Å². The minimum absolute atomic E-state index is 1.17. The highest BCUT2D eigenvalue weighted by Gasteiger charge is 1.97. The first-order valence-electron chi connectivity index (χ1n) is 4.64. The fraction of sp³-hybridized carbons (Fsp3) is 0. The normalized spacial score (nSPS) is 10.9. The molecule has 0 heteroatoms. The van der Waals surface area contributed by atoms with Gasteiger partial charge in [-0.1, -0.05) is 42.5 Å². The average molecular weight is 176 g/mol. The first-order valence-corrected chi connectivity index (χ1v) is 4.64. The van der Waals surface area contributed by atoms with E-state index in [2.05, 4.69) is 36.4 Å². The summed E-state index contributed by atoms with van der Waals surface area (Å²) in [4.78, 5) is 0. The molecule has 0 aliphatic rings. The van der Waals surface area contributed by atoms with E-state index in [4.69, 9.17) is 0 Å². The summed E-state index contributed by atoms with van der Waals surface area (Å²) in [5, 5.41) is 4.95. The lowest BCUT2D eigenvalue weighted by atomic mass is 10.0. The van der Waals surface area contributed by atoms with Crippen LogP contribution in [0, 0.1) is 12.1 Å². The highest BCUT2D eigenvalue weighted by atomic mass is 14.0. The zero-order chi connectivity index (χ0) is 9.38. The minimum Gasteiger partial charge on any atom is -0.0610 e. The summed E-state index contributed by atoms with van der Waals surface area (Å²) < 4.78 is 0. The van der Waals surface area contributed by atoms with E-state index in [0.717, 1.165) is 0 Å². The molecule has 0 fully saturated rings. The molecule has 14 heavy (non-hydrogen) atoms. The van der Waals surface area contributed by atoms with Gasteiger partial charge in [-0.3, -0.25) is 0 Å². The molecule has 0 heterocycles. The lowest BCUT2D eigenvalue weighted by Gasteiger charge is -2.01. The largest absolute Gasteiger partial charge is 0.0610 e. The summed E-state index contributed by atoms with van der Waals surface area (Å²) in [6.07, 6.45) is 0. The number of benzene rings is 3. The van der Waals surface area contributed by atoms with Gasteiger partial charge in [0, 0.05) is 0 Å². The first-order chi connectivity index (χ1) is 6.95. The third kappa shape index (κ3) is 1.01. The number of rotatable bonds is 0. The highest BCUT2D eigenvalue weighted by Crippen LogP contribution is 2.23. The zero-order valence-electron chi connectivity index (χ0n) is 7.62. The van der Waals surface area contributed by atoms with Crippen molar-refractivity contribution in [3.8, 4) is 0 Å². The Balaban J connectivity index is 2.61. The van der Waals surface area contributed by atoms with Gasteiger partial charge in [-0.15, -0.1) is 0 Å². The van der Waals surface area contributed by atoms with E-state index >= 15 is 0 Å². The number of hydrogen-bond acceptors (Lipinski definition) is 0. The molecule has 0 unspecified atom stereocenters. The van der Waals surface area contributed by atoms with E-state index in [0.29, 0.717) is 0 Å². The monoisotopic (exact) mass is 176 g/mol. The van der Waals surface area contributed by atoms with Gasteiger partial charge in [-0.05, 0) is 39.7 Å². The SMILES string of the molecule is [c]1ccc2c(c1)ccc1[c]cccc12. The van der Waals surface area contributed by atoms with Gasteiger partial charge >= 0.3 is 0 Å². The van der Waals surface area contributed by atoms with Crippen molar-refractivity contribution in [1.82, 2.24) is 0 Å². The molecule has 0 aromatic heterocycles. The Bertz CT molecular complexity index is 539. The van der Waals surface area contributed by atoms with Crippen LogP contribution in [0.4, 0.5) is 0 Å². The molecule has 3 aromatic carbocycles. The summed E-state index contributed by atoms with van der Waals surface area (Å²) in [5.41, 5.74) is 0. The van der Waals surface area contributed by atoms with Crippen molar-refractivity contribution in [3.05, 3.63) is 60.7 Å². The first kappa shape index (κ1) is 7.57. The molecule has 2 radical (unpaired) electrons. The maximum Gasteiger partial charge on any atom is -0.00987 e. The Labute approximate surface area is 82.8 Å². The van der Waals surface area contributed by atoms with E-state index in [-0.39, 0.29) is 0 Å². The molecule has 0 saturated carbocycles. The summed E-state index contributed by atoms with van der Waals surface area (Å²) in [6.45, 7) is 0. The standard InChI is InChI=1S/C14H8/c1-3-7-13-11(5-1)9-10-12-6-2-4-8-14(12)13/h1,3-4,6-10H. The molecule has 3 rings (SSSR count). The summed E-state index contributed by atoms with van der Waals surface area (Å²) in [6, 6.07) is 22.7. The highest BCUT2D eigenvalue weighted by molar-refractivity contribution is 6.06. The van der Waals surface area contributed by atoms with Crippen LogP contribution in [-0.4, -0.2) is 0 Å². The van der Waals surface area contributed by atoms with E-state index in [9.17, 15) is 0 Å². The van der Waals surface area contributed by atoms with Gasteiger partial charge in [0.05, 0.1) is 0 Å². The molecule has 0 spiro atoms. The van der Waals surface area contributed by atoms with Crippen molar-refractivity contribution in [2.24, 2.45) is 0 Å². The van der Waals surface area contributed by atoms with Gasteiger partial charge in [-0.2, -0.15) is 0 Å².